The van der Waals surface area contributed by atoms with Gasteiger partial charge in [0.25, 0.3) is 0 Å². The number of rotatable bonds is 54. The van der Waals surface area contributed by atoms with Crippen molar-refractivity contribution in [2.75, 3.05) is 92.1 Å². The van der Waals surface area contributed by atoms with Crippen molar-refractivity contribution >= 4 is 77.2 Å². The van der Waals surface area contributed by atoms with Gasteiger partial charge >= 0.3 is 41.8 Å². The second-order valence-electron chi connectivity index (χ2n) is 25.9. The molecule has 0 radical (unpaired) electrons. The van der Waals surface area contributed by atoms with Crippen LogP contribution in [-0.2, 0) is 135 Å². The molecule has 37 nitrogen and oxygen atoms in total. The summed E-state index contributed by atoms with van der Waals surface area (Å²) < 4.78 is 73.6. The highest BCUT2D eigenvalue weighted by molar-refractivity contribution is 5.78. The van der Waals surface area contributed by atoms with Gasteiger partial charge in [-0.25, -0.2) is 0 Å². The van der Waals surface area contributed by atoms with E-state index in [9.17, 15) is 67.4 Å². The Kier molecular flexibility index (Phi) is 47.5. The number of nitrogens with one attached hydrogen (secondary N) is 8. The van der Waals surface area contributed by atoms with E-state index in [1.165, 1.54) is 13.8 Å². The van der Waals surface area contributed by atoms with Crippen molar-refractivity contribution in [3.63, 3.8) is 0 Å². The molecule has 0 aliphatic carbocycles. The Bertz CT molecular complexity index is 2920. The molecule has 12 atom stereocenters. The topological polar surface area (TPSA) is 494 Å². The first-order valence-electron chi connectivity index (χ1n) is 36.6. The molecule has 11 N–H and O–H groups in total. The van der Waals surface area contributed by atoms with Gasteiger partial charge < -0.3 is 104 Å². The third-order valence-corrected chi connectivity index (χ3v) is 16.0. The van der Waals surface area contributed by atoms with Crippen molar-refractivity contribution in [1.82, 2.24) is 42.7 Å². The summed E-state index contributed by atoms with van der Waals surface area (Å²) in [5.41, 5.74) is 7.81. The average Bonchev–Trinajstić information content (AvgIpc) is 0.789. The SMILES string of the molecule is CC(=O)NC1C(OC(C)=O)[C@H](OC(C)=O)C(COC(C)=O)O[C@H]1ONCCCNC(=O)CCOCC(COCCC(=O)NCCCN)(COCCC(=O)NCCCNC(O)O[C@@H]1OCC(OC(C)=O)C[C@@H](OC(C)=O)C(OC(C)=O)C1NC(C)=O)NC(=O)CCCCCCCCCCC(=O)OCc1ccccc1. The van der Waals surface area contributed by atoms with Gasteiger partial charge in [-0.3, -0.25) is 72.5 Å². The van der Waals surface area contributed by atoms with Gasteiger partial charge in [-0.15, -0.1) is 0 Å². The maximum absolute atomic E-state index is 13.9. The lowest BCUT2D eigenvalue weighted by Gasteiger charge is -2.44. The van der Waals surface area contributed by atoms with Crippen LogP contribution in [0, 0.1) is 0 Å². The van der Waals surface area contributed by atoms with Crippen LogP contribution in [0.2, 0.25) is 0 Å². The number of amides is 6. The van der Waals surface area contributed by atoms with Crippen LogP contribution >= 0.6 is 0 Å². The van der Waals surface area contributed by atoms with E-state index in [0.717, 1.165) is 92.1 Å². The van der Waals surface area contributed by atoms with Crippen LogP contribution in [0.25, 0.3) is 0 Å². The molecule has 0 saturated carbocycles. The molecule has 0 bridgehead atoms. The van der Waals surface area contributed by atoms with E-state index >= 15 is 0 Å². The fraction of sp³-hybridized carbons (Fsp3) is 0.732. The molecule has 1 aromatic rings. The van der Waals surface area contributed by atoms with Crippen molar-refractivity contribution in [3.05, 3.63) is 35.9 Å². The number of unbranched alkanes of at least 4 members (excludes halogenated alkanes) is 7. The maximum Gasteiger partial charge on any atom is 0.306 e. The van der Waals surface area contributed by atoms with Gasteiger partial charge in [0.15, 0.2) is 24.6 Å². The number of hydroxylamine groups is 1. The molecule has 612 valence electrons. The zero-order valence-corrected chi connectivity index (χ0v) is 63.4. The Hall–Kier alpha value is -8.11. The molecule has 108 heavy (non-hydrogen) atoms. The molecule has 2 saturated heterocycles. The smallest absolute Gasteiger partial charge is 0.306 e. The lowest BCUT2D eigenvalue weighted by molar-refractivity contribution is -0.292. The van der Waals surface area contributed by atoms with Gasteiger partial charge in [-0.2, -0.15) is 5.48 Å². The first-order chi connectivity index (χ1) is 51.6. The second kappa shape index (κ2) is 54.5. The van der Waals surface area contributed by atoms with Crippen LogP contribution in [0.1, 0.15) is 170 Å². The van der Waals surface area contributed by atoms with Crippen molar-refractivity contribution in [2.45, 2.75) is 244 Å². The minimum atomic E-state index is -1.80. The first-order valence-corrected chi connectivity index (χ1v) is 36.6. The molecule has 3 rings (SSSR count). The van der Waals surface area contributed by atoms with Crippen molar-refractivity contribution in [1.29, 1.82) is 0 Å². The number of esters is 7. The van der Waals surface area contributed by atoms with Gasteiger partial charge in [0.2, 0.25) is 48.1 Å². The lowest BCUT2D eigenvalue weighted by Crippen LogP contribution is -2.67. The standard InChI is InChI=1S/C71H115N9O28/c1-46(81)78-63-65(103-51(6)86)56(102-50(5)85)39-55(101-49(4)84)41-100-68(63)107-70(94)76-34-21-32-74-59(90)28-37-96-44-71(43-95-36-27-58(89)73-31-20-30-72,80-61(92)25-18-13-11-9-10-12-14-19-26-62(93)99-40-54-23-16-15-17-24-54)45-97-38-29-60(91)75-33-22-35-77-108-69-64(79-47(2)82)67(105-53(8)88)66(104-52(7)87)57(106-69)42-98-48(3)83/h15-17,23-24,55-57,63-70,76-77,94H,9-14,18-22,25-45,72H2,1-8H3,(H,73,89)(H,74,90)(H,75,91)(H,78,81)(H,79,82)(H,80,92)/t55?,56-,57?,63?,64?,65?,66-,67?,68+,69+,70?,71?/m1/s1. The predicted octanol–water partition coefficient (Wildman–Crippen LogP) is 0.289. The second-order valence-corrected chi connectivity index (χ2v) is 25.9. The summed E-state index contributed by atoms with van der Waals surface area (Å²) in [6.07, 6.45) is -4.87. The summed E-state index contributed by atoms with van der Waals surface area (Å²) in [7, 11) is 0. The van der Waals surface area contributed by atoms with Gasteiger partial charge in [-0.1, -0.05) is 68.9 Å². The number of carbonyl (C=O) groups excluding carboxylic acids is 13. The zero-order chi connectivity index (χ0) is 79.7. The highest BCUT2D eigenvalue weighted by Crippen LogP contribution is 2.29. The van der Waals surface area contributed by atoms with E-state index in [-0.39, 0.29) is 142 Å². The molecule has 8 unspecified atom stereocenters. The number of aliphatic hydroxyl groups is 1. The van der Waals surface area contributed by atoms with Gasteiger partial charge in [0.05, 0.1) is 46.2 Å². The molecule has 2 aliphatic heterocycles. The largest absolute Gasteiger partial charge is 0.463 e. The number of nitrogens with two attached hydrogens (primary N) is 1. The normalized spacial score (nSPS) is 20.6. The summed E-state index contributed by atoms with van der Waals surface area (Å²) in [6, 6.07) is 6.88. The summed E-state index contributed by atoms with van der Waals surface area (Å²) in [4.78, 5) is 169. The number of ether oxygens (including phenoxy) is 13. The number of hydrogen-bond donors (Lipinski definition) is 10. The first kappa shape index (κ1) is 94.1. The van der Waals surface area contributed by atoms with Crippen LogP contribution < -0.4 is 48.4 Å². The molecule has 2 fully saturated rings. The molecule has 0 aromatic heterocycles. The Balaban J connectivity index is 1.67. The lowest BCUT2D eigenvalue weighted by atomic mass is 9.96. The van der Waals surface area contributed by atoms with Crippen molar-refractivity contribution < 1.29 is 134 Å². The minimum absolute atomic E-state index is 0.0350. The number of hydrogen-bond acceptors (Lipinski definition) is 31. The van der Waals surface area contributed by atoms with Gasteiger partial charge in [0, 0.05) is 127 Å². The fourth-order valence-electron chi connectivity index (χ4n) is 11.2. The van der Waals surface area contributed by atoms with E-state index in [0.29, 0.717) is 32.4 Å². The van der Waals surface area contributed by atoms with E-state index in [1.54, 1.807) is 0 Å². The molecular formula is C71H115N9O28. The molecule has 2 aliphatic rings. The zero-order valence-electron chi connectivity index (χ0n) is 63.4. The summed E-state index contributed by atoms with van der Waals surface area (Å²) in [6.45, 7) is 8.49. The molecule has 0 spiro atoms. The van der Waals surface area contributed by atoms with Crippen LogP contribution in [0.3, 0.4) is 0 Å². The molecule has 6 amide bonds. The minimum Gasteiger partial charge on any atom is -0.463 e. The molecule has 2 heterocycles. The van der Waals surface area contributed by atoms with E-state index < -0.39 is 139 Å². The maximum atomic E-state index is 13.9. The van der Waals surface area contributed by atoms with Crippen molar-refractivity contribution in [2.24, 2.45) is 5.73 Å². The third kappa shape index (κ3) is 42.6. The Morgan fingerprint density at radius 1 is 0.519 bits per heavy atom. The van der Waals surface area contributed by atoms with Crippen LogP contribution in [0.5, 0.6) is 0 Å². The summed E-state index contributed by atoms with van der Waals surface area (Å²) >= 11 is 0. The summed E-state index contributed by atoms with van der Waals surface area (Å²) in [5.74, 6) is -7.48. The average molecular weight is 1540 g/mol. The van der Waals surface area contributed by atoms with E-state index in [4.69, 9.17) is 72.2 Å². The van der Waals surface area contributed by atoms with E-state index in [1.807, 2.05) is 30.3 Å². The fourth-order valence-corrected chi connectivity index (χ4v) is 11.2. The molecule has 37 heteroatoms. The highest BCUT2D eigenvalue weighted by atomic mass is 16.8. The highest BCUT2D eigenvalue weighted by Gasteiger charge is 2.52. The Morgan fingerprint density at radius 2 is 1.01 bits per heavy atom. The van der Waals surface area contributed by atoms with Crippen LogP contribution in [0.15, 0.2) is 30.3 Å². The number of benzene rings is 1. The van der Waals surface area contributed by atoms with E-state index in [2.05, 4.69) is 42.7 Å². The quantitative estimate of drug-likeness (QED) is 0.0138. The van der Waals surface area contributed by atoms with Crippen molar-refractivity contribution in [3.8, 4) is 0 Å². The number of carbonyl (C=O) groups is 13. The van der Waals surface area contributed by atoms with Crippen LogP contribution in [-0.4, -0.2) is 248 Å². The predicted molar refractivity (Wildman–Crippen MR) is 378 cm³/mol. The Labute approximate surface area is 629 Å². The molecular weight excluding hydrogens is 1430 g/mol. The summed E-state index contributed by atoms with van der Waals surface area (Å²) in [5, 5.41) is 30.2. The molecule has 1 aromatic carbocycles. The third-order valence-electron chi connectivity index (χ3n) is 16.0. The Morgan fingerprint density at radius 3 is 1.53 bits per heavy atom. The van der Waals surface area contributed by atoms with Gasteiger partial charge in [0.1, 0.15) is 49.1 Å². The number of aliphatic hydroxyl groups excluding tert-OH is 1. The van der Waals surface area contributed by atoms with Gasteiger partial charge in [-0.05, 0) is 44.2 Å². The van der Waals surface area contributed by atoms with Crippen LogP contribution in [0.4, 0.5) is 0 Å². The monoisotopic (exact) mass is 1540 g/mol.